The van der Waals surface area contributed by atoms with Crippen molar-refractivity contribution in [1.82, 2.24) is 14.8 Å². The van der Waals surface area contributed by atoms with Gasteiger partial charge in [-0.3, -0.25) is 19.9 Å². The normalized spacial score (nSPS) is 15.7. The minimum atomic E-state index is -0.726. The molecule has 0 aliphatic carbocycles. The van der Waals surface area contributed by atoms with Crippen LogP contribution in [0.4, 0.5) is 11.6 Å². The number of nitrogens with one attached hydrogen (secondary N) is 1. The summed E-state index contributed by atoms with van der Waals surface area (Å²) in [6.07, 6.45) is 1.65. The lowest BCUT2D eigenvalue weighted by Crippen LogP contribution is -2.39. The Kier molecular flexibility index (Phi) is 5.57. The number of hydrogen-bond acceptors (Lipinski definition) is 6. The molecule has 2 aromatic carbocycles. The van der Waals surface area contributed by atoms with Crippen molar-refractivity contribution in [1.29, 1.82) is 0 Å². The molecule has 3 N–H and O–H groups in total. The van der Waals surface area contributed by atoms with Crippen LogP contribution >= 0.6 is 15.9 Å². The number of halogens is 1. The monoisotopic (exact) mass is 467 g/mol. The molecule has 0 saturated heterocycles. The number of carbonyl (C=O) groups excluding carboxylic acids is 2. The summed E-state index contributed by atoms with van der Waals surface area (Å²) in [6.45, 7) is 0.516. The molecule has 1 unspecified atom stereocenters. The van der Waals surface area contributed by atoms with E-state index in [-0.39, 0.29) is 18.1 Å². The van der Waals surface area contributed by atoms with Gasteiger partial charge >= 0.3 is 0 Å². The molecule has 0 fully saturated rings. The molecule has 4 rings (SSSR count). The number of para-hydroxylation sites is 1. The predicted molar refractivity (Wildman–Crippen MR) is 116 cm³/mol. The quantitative estimate of drug-likeness (QED) is 0.575. The first kappa shape index (κ1) is 19.8. The fourth-order valence-corrected chi connectivity index (χ4v) is 3.33. The highest BCUT2D eigenvalue weighted by atomic mass is 79.9. The fraction of sp³-hybridized carbons (Fsp3) is 0.150. The number of rotatable bonds is 6. The molecule has 0 radical (unpaired) electrons. The Morgan fingerprint density at radius 3 is 2.57 bits per heavy atom. The number of amides is 2. The van der Waals surface area contributed by atoms with Gasteiger partial charge in [0.2, 0.25) is 11.9 Å². The lowest BCUT2D eigenvalue weighted by atomic mass is 10.1. The van der Waals surface area contributed by atoms with Crippen molar-refractivity contribution in [3.8, 4) is 0 Å². The highest BCUT2D eigenvalue weighted by molar-refractivity contribution is 9.10. The summed E-state index contributed by atoms with van der Waals surface area (Å²) in [5.74, 6) is -0.864. The van der Waals surface area contributed by atoms with Crippen LogP contribution in [0.3, 0.4) is 0 Å². The number of carbonyl (C=O) groups is 2. The summed E-state index contributed by atoms with van der Waals surface area (Å²) in [7, 11) is 0. The van der Waals surface area contributed by atoms with E-state index in [1.807, 2.05) is 42.5 Å². The van der Waals surface area contributed by atoms with Crippen LogP contribution in [0.2, 0.25) is 0 Å². The van der Waals surface area contributed by atoms with Crippen LogP contribution in [-0.4, -0.2) is 38.3 Å². The van der Waals surface area contributed by atoms with E-state index in [1.165, 1.54) is 11.3 Å². The van der Waals surface area contributed by atoms with Crippen molar-refractivity contribution in [2.75, 3.05) is 10.3 Å². The third-order valence-corrected chi connectivity index (χ3v) is 5.07. The Hall–Kier alpha value is -3.53. The molecule has 0 saturated carbocycles. The van der Waals surface area contributed by atoms with Gasteiger partial charge in [0.25, 0.3) is 5.91 Å². The maximum atomic E-state index is 12.6. The molecule has 1 atom stereocenters. The van der Waals surface area contributed by atoms with E-state index < -0.39 is 17.9 Å². The van der Waals surface area contributed by atoms with Gasteiger partial charge in [-0.2, -0.15) is 5.10 Å². The largest absolute Gasteiger partial charge is 0.368 e. The molecule has 1 aliphatic heterocycles. The Balaban J connectivity index is 1.45. The maximum absolute atomic E-state index is 12.6. The Morgan fingerprint density at radius 1 is 1.13 bits per heavy atom. The number of aromatic nitrogens is 3. The molecule has 10 heteroatoms. The number of nitrogens with zero attached hydrogens (tertiary/aromatic N) is 5. The molecule has 152 valence electrons. The van der Waals surface area contributed by atoms with Crippen molar-refractivity contribution in [2.24, 2.45) is 10.8 Å². The van der Waals surface area contributed by atoms with Crippen LogP contribution in [0.5, 0.6) is 0 Å². The Bertz CT molecular complexity index is 1100. The van der Waals surface area contributed by atoms with Crippen molar-refractivity contribution in [2.45, 2.75) is 19.0 Å². The van der Waals surface area contributed by atoms with Crippen LogP contribution in [-0.2, 0) is 16.1 Å². The molecular formula is C20H18BrN7O2. The minimum absolute atomic E-state index is 0.107. The predicted octanol–water partition coefficient (Wildman–Crippen LogP) is 2.15. The second-order valence-corrected chi connectivity index (χ2v) is 7.61. The Morgan fingerprint density at radius 2 is 1.87 bits per heavy atom. The first-order chi connectivity index (χ1) is 14.5. The SMILES string of the molecule is NC(=O)C1CC(C(=O)Nc2ncn(Cc3ccc(Br)cc3)n2)=NN1c1ccccc1. The molecule has 2 heterocycles. The van der Waals surface area contributed by atoms with Gasteiger partial charge in [-0.25, -0.2) is 9.67 Å². The zero-order chi connectivity index (χ0) is 21.1. The standard InChI is InChI=1S/C20H18BrN7O2/c21-14-8-6-13(7-9-14)11-27-12-23-20(26-27)24-19(30)16-10-17(18(22)29)28(25-16)15-4-2-1-3-5-15/h1-9,12,17H,10-11H2,(H2,22,29)(H,24,26,30). The number of primary amides is 1. The highest BCUT2D eigenvalue weighted by Gasteiger charge is 2.35. The van der Waals surface area contributed by atoms with Gasteiger partial charge in [0.05, 0.1) is 12.2 Å². The van der Waals surface area contributed by atoms with Gasteiger partial charge in [-0.15, -0.1) is 5.10 Å². The molecule has 0 bridgehead atoms. The fourth-order valence-electron chi connectivity index (χ4n) is 3.07. The number of benzene rings is 2. The first-order valence-corrected chi connectivity index (χ1v) is 9.95. The third kappa shape index (κ3) is 4.38. The van der Waals surface area contributed by atoms with E-state index in [4.69, 9.17) is 5.73 Å². The van der Waals surface area contributed by atoms with Crippen LogP contribution in [0, 0.1) is 0 Å². The zero-order valence-electron chi connectivity index (χ0n) is 15.8. The molecule has 1 aromatic heterocycles. The summed E-state index contributed by atoms with van der Waals surface area (Å²) >= 11 is 3.40. The van der Waals surface area contributed by atoms with Gasteiger partial charge < -0.3 is 5.73 Å². The second-order valence-electron chi connectivity index (χ2n) is 6.70. The summed E-state index contributed by atoms with van der Waals surface area (Å²) in [4.78, 5) is 28.6. The summed E-state index contributed by atoms with van der Waals surface area (Å²) < 4.78 is 2.62. The van der Waals surface area contributed by atoms with Gasteiger partial charge in [-0.05, 0) is 29.8 Å². The molecule has 3 aromatic rings. The van der Waals surface area contributed by atoms with Crippen molar-refractivity contribution in [3.05, 3.63) is 71.0 Å². The molecular weight excluding hydrogens is 450 g/mol. The first-order valence-electron chi connectivity index (χ1n) is 9.16. The van der Waals surface area contributed by atoms with Crippen molar-refractivity contribution >= 4 is 45.1 Å². The maximum Gasteiger partial charge on any atom is 0.274 e. The Labute approximate surface area is 180 Å². The third-order valence-electron chi connectivity index (χ3n) is 4.54. The molecule has 30 heavy (non-hydrogen) atoms. The van der Waals surface area contributed by atoms with E-state index in [9.17, 15) is 9.59 Å². The van der Waals surface area contributed by atoms with Crippen molar-refractivity contribution in [3.63, 3.8) is 0 Å². The number of hydrogen-bond donors (Lipinski definition) is 2. The highest BCUT2D eigenvalue weighted by Crippen LogP contribution is 2.24. The van der Waals surface area contributed by atoms with Gasteiger partial charge in [0, 0.05) is 10.9 Å². The van der Waals surface area contributed by atoms with Crippen LogP contribution in [0.15, 0.2) is 70.5 Å². The van der Waals surface area contributed by atoms with Crippen LogP contribution < -0.4 is 16.1 Å². The average molecular weight is 468 g/mol. The summed E-state index contributed by atoms with van der Waals surface area (Å²) in [5, 5.41) is 12.7. The second kappa shape index (κ2) is 8.46. The van der Waals surface area contributed by atoms with E-state index in [2.05, 4.69) is 36.4 Å². The molecule has 9 nitrogen and oxygen atoms in total. The van der Waals surface area contributed by atoms with E-state index in [1.54, 1.807) is 16.8 Å². The number of hydrazone groups is 1. The van der Waals surface area contributed by atoms with Crippen molar-refractivity contribution < 1.29 is 9.59 Å². The van der Waals surface area contributed by atoms with E-state index in [0.717, 1.165) is 10.0 Å². The van der Waals surface area contributed by atoms with E-state index >= 15 is 0 Å². The summed E-state index contributed by atoms with van der Waals surface area (Å²) in [6, 6.07) is 16.2. The molecule has 0 spiro atoms. The lowest BCUT2D eigenvalue weighted by molar-refractivity contribution is -0.119. The number of anilines is 2. The zero-order valence-corrected chi connectivity index (χ0v) is 17.4. The van der Waals surface area contributed by atoms with Crippen LogP contribution in [0.25, 0.3) is 0 Å². The molecule has 2 amide bonds. The van der Waals surface area contributed by atoms with Gasteiger partial charge in [0.1, 0.15) is 18.1 Å². The van der Waals surface area contributed by atoms with Gasteiger partial charge in [0.15, 0.2) is 0 Å². The average Bonchev–Trinajstić information content (AvgIpc) is 3.38. The van der Waals surface area contributed by atoms with Crippen LogP contribution in [0.1, 0.15) is 12.0 Å². The van der Waals surface area contributed by atoms with E-state index in [0.29, 0.717) is 12.2 Å². The smallest absolute Gasteiger partial charge is 0.274 e. The van der Waals surface area contributed by atoms with Gasteiger partial charge in [-0.1, -0.05) is 46.3 Å². The lowest BCUT2D eigenvalue weighted by Gasteiger charge is -2.20. The number of nitrogens with two attached hydrogens (primary N) is 1. The minimum Gasteiger partial charge on any atom is -0.368 e. The topological polar surface area (TPSA) is 118 Å². The molecule has 1 aliphatic rings. The summed E-state index contributed by atoms with van der Waals surface area (Å²) in [5.41, 5.74) is 7.42.